The van der Waals surface area contributed by atoms with Crippen molar-refractivity contribution < 1.29 is 0 Å². The van der Waals surface area contributed by atoms with Crippen LogP contribution >= 0.6 is 0 Å². The van der Waals surface area contributed by atoms with Crippen molar-refractivity contribution in [1.29, 1.82) is 0 Å². The molecular formula is C44H41N3O2. The van der Waals surface area contributed by atoms with Crippen molar-refractivity contribution in [3.63, 3.8) is 0 Å². The van der Waals surface area contributed by atoms with Gasteiger partial charge in [-0.05, 0) is 80.1 Å². The van der Waals surface area contributed by atoms with Gasteiger partial charge in [-0.1, -0.05) is 111 Å². The molecule has 0 N–H and O–H groups in total. The van der Waals surface area contributed by atoms with Crippen LogP contribution in [-0.4, -0.2) is 9.13 Å². The quantitative estimate of drug-likeness (QED) is 0.122. The molecule has 5 aromatic carbocycles. The number of nitrogens with zero attached hydrogens (tertiary/aromatic N) is 3. The number of benzene rings is 5. The first-order valence-corrected chi connectivity index (χ1v) is 17.3. The molecule has 4 heterocycles. The number of pyridine rings is 2. The van der Waals surface area contributed by atoms with Crippen molar-refractivity contribution in [3.05, 3.63) is 122 Å². The van der Waals surface area contributed by atoms with E-state index in [4.69, 9.17) is 0 Å². The normalized spacial score (nSPS) is 13.9. The summed E-state index contributed by atoms with van der Waals surface area (Å²) in [5.74, 6) is 0. The van der Waals surface area contributed by atoms with Crippen LogP contribution in [-0.2, 0) is 16.2 Å². The fourth-order valence-corrected chi connectivity index (χ4v) is 8.40. The molecule has 0 atom stereocenters. The second-order valence-corrected chi connectivity index (χ2v) is 17.0. The second kappa shape index (κ2) is 9.29. The zero-order chi connectivity index (χ0) is 34.5. The van der Waals surface area contributed by atoms with Crippen LogP contribution in [0.5, 0.6) is 0 Å². The maximum Gasteiger partial charge on any atom is 0.263 e. The molecule has 5 nitrogen and oxygen atoms in total. The summed E-state index contributed by atoms with van der Waals surface area (Å²) >= 11 is 0. The van der Waals surface area contributed by atoms with Gasteiger partial charge in [0.15, 0.2) is 0 Å². The Bertz CT molecular complexity index is 2580. The Morgan fingerprint density at radius 2 is 0.837 bits per heavy atom. The van der Waals surface area contributed by atoms with Crippen LogP contribution in [0.3, 0.4) is 0 Å². The highest BCUT2D eigenvalue weighted by atomic mass is 16.1. The molecule has 2 aromatic heterocycles. The van der Waals surface area contributed by atoms with Crippen LogP contribution in [0.25, 0.3) is 54.7 Å². The third kappa shape index (κ3) is 3.82. The summed E-state index contributed by atoms with van der Waals surface area (Å²) in [6.45, 7) is 20.0. The van der Waals surface area contributed by atoms with Crippen LogP contribution in [0.4, 0.5) is 17.1 Å². The number of rotatable bonds is 0. The molecule has 7 aromatic rings. The second-order valence-electron chi connectivity index (χ2n) is 17.0. The molecule has 0 amide bonds. The van der Waals surface area contributed by atoms with Crippen molar-refractivity contribution in [1.82, 2.24) is 9.13 Å². The van der Waals surface area contributed by atoms with Gasteiger partial charge in [-0.25, -0.2) is 0 Å². The highest BCUT2D eigenvalue weighted by Crippen LogP contribution is 2.57. The summed E-state index contributed by atoms with van der Waals surface area (Å²) in [6.07, 6.45) is 0. The van der Waals surface area contributed by atoms with E-state index in [1.807, 2.05) is 45.5 Å². The van der Waals surface area contributed by atoms with Crippen molar-refractivity contribution in [2.24, 2.45) is 0 Å². The lowest BCUT2D eigenvalue weighted by molar-refractivity contribution is 0.589. The topological polar surface area (TPSA) is 47.2 Å². The van der Waals surface area contributed by atoms with Gasteiger partial charge in [0.2, 0.25) is 0 Å². The SMILES string of the molecule is CC(C)(C)c1ccc2c(c1)-n1c(=O)c3ccccc3c3c(C(C)(C)C)c4c5ccccc5c(=O)n5c4c(c31)N2c1ccc(C(C)(C)C)cc1-5. The third-order valence-electron chi connectivity index (χ3n) is 10.7. The number of hydrogen-bond donors (Lipinski definition) is 0. The molecule has 9 rings (SSSR count). The lowest BCUT2D eigenvalue weighted by Gasteiger charge is -2.42. The molecule has 0 fully saturated rings. The molecule has 2 aliphatic heterocycles. The third-order valence-corrected chi connectivity index (χ3v) is 10.7. The van der Waals surface area contributed by atoms with Gasteiger partial charge in [-0.3, -0.25) is 18.7 Å². The van der Waals surface area contributed by atoms with Crippen molar-refractivity contribution in [2.45, 2.75) is 78.6 Å². The summed E-state index contributed by atoms with van der Waals surface area (Å²) in [6, 6.07) is 29.3. The average molecular weight is 644 g/mol. The Hall–Kier alpha value is -5.16. The molecule has 0 aliphatic carbocycles. The molecule has 0 bridgehead atoms. The fourth-order valence-electron chi connectivity index (χ4n) is 8.40. The molecule has 0 spiro atoms. The minimum Gasteiger partial charge on any atom is -0.302 e. The number of hydrogen-bond acceptors (Lipinski definition) is 3. The Morgan fingerprint density at radius 3 is 1.20 bits per heavy atom. The lowest BCUT2D eigenvalue weighted by atomic mass is 9.78. The molecule has 0 saturated carbocycles. The average Bonchev–Trinajstić information content (AvgIpc) is 3.05. The molecule has 0 radical (unpaired) electrons. The zero-order valence-electron chi connectivity index (χ0n) is 29.7. The van der Waals surface area contributed by atoms with Crippen LogP contribution in [0.1, 0.15) is 79.0 Å². The number of aromatic nitrogens is 2. The van der Waals surface area contributed by atoms with Crippen LogP contribution < -0.4 is 16.0 Å². The first kappa shape index (κ1) is 29.9. The highest BCUT2D eigenvalue weighted by Gasteiger charge is 2.40. The van der Waals surface area contributed by atoms with E-state index in [1.54, 1.807) is 0 Å². The van der Waals surface area contributed by atoms with E-state index in [1.165, 1.54) is 0 Å². The molecule has 2 aliphatic rings. The first-order valence-electron chi connectivity index (χ1n) is 17.3. The van der Waals surface area contributed by atoms with Crippen LogP contribution in [0, 0.1) is 0 Å². The maximum atomic E-state index is 14.9. The van der Waals surface area contributed by atoms with Crippen molar-refractivity contribution in [2.75, 3.05) is 4.90 Å². The van der Waals surface area contributed by atoms with E-state index in [0.717, 1.165) is 77.7 Å². The van der Waals surface area contributed by atoms with Crippen LogP contribution in [0.15, 0.2) is 94.5 Å². The van der Waals surface area contributed by atoms with E-state index in [-0.39, 0.29) is 27.4 Å². The molecule has 0 saturated heterocycles. The van der Waals surface area contributed by atoms with Gasteiger partial charge in [0.1, 0.15) is 0 Å². The van der Waals surface area contributed by atoms with Gasteiger partial charge in [-0.2, -0.15) is 0 Å². The Morgan fingerprint density at radius 1 is 0.449 bits per heavy atom. The first-order chi connectivity index (χ1) is 23.1. The van der Waals surface area contributed by atoms with E-state index in [0.29, 0.717) is 10.8 Å². The summed E-state index contributed by atoms with van der Waals surface area (Å²) in [5.41, 5.74) is 8.94. The Labute approximate surface area is 286 Å². The predicted octanol–water partition coefficient (Wildman–Crippen LogP) is 10.6. The largest absolute Gasteiger partial charge is 0.302 e. The molecular weight excluding hydrogens is 603 g/mol. The van der Waals surface area contributed by atoms with E-state index < -0.39 is 0 Å². The van der Waals surface area contributed by atoms with E-state index >= 15 is 0 Å². The highest BCUT2D eigenvalue weighted by molar-refractivity contribution is 6.28. The van der Waals surface area contributed by atoms with Crippen molar-refractivity contribution in [3.8, 4) is 11.4 Å². The van der Waals surface area contributed by atoms with Gasteiger partial charge in [0.25, 0.3) is 11.1 Å². The molecule has 5 heteroatoms. The Balaban J connectivity index is 1.69. The maximum absolute atomic E-state index is 14.9. The predicted molar refractivity (Wildman–Crippen MR) is 206 cm³/mol. The smallest absolute Gasteiger partial charge is 0.263 e. The van der Waals surface area contributed by atoms with Crippen LogP contribution in [0.2, 0.25) is 0 Å². The van der Waals surface area contributed by atoms with Gasteiger partial charge in [0, 0.05) is 21.5 Å². The fraction of sp³-hybridized carbons (Fsp3) is 0.273. The van der Waals surface area contributed by atoms with Crippen molar-refractivity contribution >= 4 is 60.4 Å². The standard InChI is InChI=1S/C44H41N3O2/c1-42(2,3)24-18-20-30-32(22-24)46-37-34(26-14-10-12-16-28(26)40(46)48)36(44(7,8)9)35-27-15-11-13-17-29(27)41(49)47-33-23-25(43(4,5)6)19-21-31(33)45(30)39(37)38(35)47/h10-23H,1-9H3. The summed E-state index contributed by atoms with van der Waals surface area (Å²) in [5, 5.41) is 5.38. The Kier molecular flexibility index (Phi) is 5.68. The van der Waals surface area contributed by atoms with Gasteiger partial charge in [0.05, 0.1) is 39.5 Å². The monoisotopic (exact) mass is 643 g/mol. The summed E-state index contributed by atoms with van der Waals surface area (Å²) < 4.78 is 3.92. The summed E-state index contributed by atoms with van der Waals surface area (Å²) in [4.78, 5) is 32.2. The van der Waals surface area contributed by atoms with E-state index in [2.05, 4.69) is 116 Å². The summed E-state index contributed by atoms with van der Waals surface area (Å²) in [7, 11) is 0. The van der Waals surface area contributed by atoms with Gasteiger partial charge in [-0.15, -0.1) is 0 Å². The number of anilines is 3. The molecule has 244 valence electrons. The zero-order valence-corrected chi connectivity index (χ0v) is 29.7. The molecule has 0 unspecified atom stereocenters. The van der Waals surface area contributed by atoms with Gasteiger partial charge < -0.3 is 4.90 Å². The number of fused-ring (bicyclic) bond motifs is 10. The lowest BCUT2D eigenvalue weighted by Crippen LogP contribution is -2.34. The molecule has 49 heavy (non-hydrogen) atoms. The minimum atomic E-state index is -0.347. The minimum absolute atomic E-state index is 0.0471. The van der Waals surface area contributed by atoms with Gasteiger partial charge >= 0.3 is 0 Å². The van der Waals surface area contributed by atoms with E-state index in [9.17, 15) is 9.59 Å².